The van der Waals surface area contributed by atoms with Crippen LogP contribution >= 0.6 is 24.0 Å². The monoisotopic (exact) mass is 396 g/mol. The molecule has 1 fully saturated rings. The first-order valence-electron chi connectivity index (χ1n) is 8.51. The molecule has 3 rings (SSSR count). The number of carboxylic acids is 1. The predicted octanol–water partition coefficient (Wildman–Crippen LogP) is 3.50. The van der Waals surface area contributed by atoms with E-state index in [1.54, 1.807) is 36.4 Å². The lowest BCUT2D eigenvalue weighted by Gasteiger charge is -2.27. The van der Waals surface area contributed by atoms with Gasteiger partial charge in [-0.15, -0.1) is 0 Å². The Kier molecular flexibility index (Phi) is 5.77. The van der Waals surface area contributed by atoms with E-state index in [0.29, 0.717) is 16.4 Å². The van der Waals surface area contributed by atoms with Gasteiger partial charge in [-0.25, -0.2) is 0 Å². The molecule has 1 aliphatic heterocycles. The molecule has 138 valence electrons. The lowest BCUT2D eigenvalue weighted by atomic mass is 10.0. The van der Waals surface area contributed by atoms with Crippen molar-refractivity contribution in [2.24, 2.45) is 0 Å². The van der Waals surface area contributed by atoms with Crippen LogP contribution in [0.15, 0.2) is 59.5 Å². The molecule has 6 heteroatoms. The molecule has 27 heavy (non-hydrogen) atoms. The Morgan fingerprint density at radius 2 is 1.70 bits per heavy atom. The number of hydrogen-bond donors (Lipinski definition) is 0. The molecule has 4 nitrogen and oxygen atoms in total. The number of carbonyl (C=O) groups excluding carboxylic acids is 2. The van der Waals surface area contributed by atoms with E-state index in [1.165, 1.54) is 5.56 Å². The smallest absolute Gasteiger partial charge is 0.267 e. The summed E-state index contributed by atoms with van der Waals surface area (Å²) in [7, 11) is 0. The van der Waals surface area contributed by atoms with E-state index in [4.69, 9.17) is 12.2 Å². The maximum absolute atomic E-state index is 12.9. The van der Waals surface area contributed by atoms with Crippen LogP contribution in [0.2, 0.25) is 0 Å². The summed E-state index contributed by atoms with van der Waals surface area (Å²) >= 11 is 6.40. The number of nitrogens with zero attached hydrogens (tertiary/aromatic N) is 1. The topological polar surface area (TPSA) is 60.4 Å². The normalized spacial score (nSPS) is 17.0. The molecule has 0 aliphatic carbocycles. The maximum Gasteiger partial charge on any atom is 0.267 e. The van der Waals surface area contributed by atoms with Crippen LogP contribution in [0.4, 0.5) is 0 Å². The van der Waals surface area contributed by atoms with Crippen molar-refractivity contribution < 1.29 is 14.7 Å². The minimum absolute atomic E-state index is 0.211. The highest BCUT2D eigenvalue weighted by Crippen LogP contribution is 2.38. The summed E-state index contributed by atoms with van der Waals surface area (Å²) in [5.41, 5.74) is 2.53. The Morgan fingerprint density at radius 1 is 1.07 bits per heavy atom. The quantitative estimate of drug-likeness (QED) is 0.572. The summed E-state index contributed by atoms with van der Waals surface area (Å²) in [6.45, 7) is 4.23. The van der Waals surface area contributed by atoms with Gasteiger partial charge in [0.2, 0.25) is 0 Å². The molecule has 1 heterocycles. The predicted molar refractivity (Wildman–Crippen MR) is 110 cm³/mol. The Hall–Kier alpha value is -2.44. The zero-order valence-corrected chi connectivity index (χ0v) is 16.5. The zero-order chi connectivity index (χ0) is 19.6. The minimum atomic E-state index is -1.36. The van der Waals surface area contributed by atoms with Gasteiger partial charge < -0.3 is 9.90 Å². The number of rotatable bonds is 5. The first kappa shape index (κ1) is 19.3. The second-order valence-corrected chi connectivity index (χ2v) is 8.18. The number of thioether (sulfide) groups is 1. The third-order valence-electron chi connectivity index (χ3n) is 4.32. The largest absolute Gasteiger partial charge is 0.547 e. The van der Waals surface area contributed by atoms with E-state index in [-0.39, 0.29) is 4.32 Å². The standard InChI is InChI=1S/C21H19NO3S2/c1-13(2)15-10-8-14(9-11-15)12-17-19(23)22(21(26)27-17)18(20(24)25)16-6-4-3-5-7-16/h3-13,18H,1-2H3,(H,24,25)/p-1/b17-12+/t18-/m1/s1. The summed E-state index contributed by atoms with van der Waals surface area (Å²) < 4.78 is 0.211. The molecule has 1 amide bonds. The molecule has 1 aliphatic rings. The van der Waals surface area contributed by atoms with E-state index < -0.39 is 17.9 Å². The first-order valence-corrected chi connectivity index (χ1v) is 9.74. The van der Waals surface area contributed by atoms with Gasteiger partial charge in [-0.3, -0.25) is 9.69 Å². The van der Waals surface area contributed by atoms with E-state index in [2.05, 4.69) is 13.8 Å². The van der Waals surface area contributed by atoms with Gasteiger partial charge in [0.05, 0.1) is 10.9 Å². The molecule has 2 aromatic rings. The lowest BCUT2D eigenvalue weighted by molar-refractivity contribution is -0.310. The third kappa shape index (κ3) is 4.12. The van der Waals surface area contributed by atoms with Gasteiger partial charge in [-0.2, -0.15) is 0 Å². The SMILES string of the molecule is CC(C)c1ccc(/C=C2/SC(=S)N([C@@H](C(=O)[O-])c3ccccc3)C2=O)cc1. The summed E-state index contributed by atoms with van der Waals surface area (Å²) in [4.78, 5) is 26.2. The van der Waals surface area contributed by atoms with Crippen molar-refractivity contribution in [2.75, 3.05) is 0 Å². The van der Waals surface area contributed by atoms with Crippen LogP contribution in [0, 0.1) is 0 Å². The van der Waals surface area contributed by atoms with Crippen LogP contribution in [-0.4, -0.2) is 21.1 Å². The first-order chi connectivity index (χ1) is 12.9. The average molecular weight is 397 g/mol. The van der Waals surface area contributed by atoms with Crippen LogP contribution in [0.1, 0.15) is 42.5 Å². The molecule has 0 unspecified atom stereocenters. The van der Waals surface area contributed by atoms with Crippen LogP contribution in [0.3, 0.4) is 0 Å². The van der Waals surface area contributed by atoms with Crippen molar-refractivity contribution in [1.29, 1.82) is 0 Å². The number of carbonyl (C=O) groups is 2. The van der Waals surface area contributed by atoms with Crippen LogP contribution < -0.4 is 5.11 Å². The number of carboxylic acid groups (broad SMARTS) is 1. The van der Waals surface area contributed by atoms with Crippen LogP contribution in [0.25, 0.3) is 6.08 Å². The van der Waals surface area contributed by atoms with E-state index >= 15 is 0 Å². The number of amides is 1. The maximum atomic E-state index is 12.9. The van der Waals surface area contributed by atoms with Crippen molar-refractivity contribution in [3.8, 4) is 0 Å². The number of benzene rings is 2. The molecular formula is C21H18NO3S2-. The zero-order valence-electron chi connectivity index (χ0n) is 14.9. The van der Waals surface area contributed by atoms with E-state index in [0.717, 1.165) is 22.2 Å². The molecule has 0 saturated carbocycles. The Bertz CT molecular complexity index is 905. The Morgan fingerprint density at radius 3 is 2.26 bits per heavy atom. The fraction of sp³-hybridized carbons (Fsp3) is 0.190. The highest BCUT2D eigenvalue weighted by atomic mass is 32.2. The van der Waals surface area contributed by atoms with Crippen molar-refractivity contribution >= 4 is 46.3 Å². The number of hydrogen-bond acceptors (Lipinski definition) is 5. The van der Waals surface area contributed by atoms with E-state index in [1.807, 2.05) is 24.3 Å². The van der Waals surface area contributed by atoms with Gasteiger partial charge in [0.25, 0.3) is 5.91 Å². The average Bonchev–Trinajstić information content (AvgIpc) is 2.91. The van der Waals surface area contributed by atoms with Crippen molar-refractivity contribution in [2.45, 2.75) is 25.8 Å². The minimum Gasteiger partial charge on any atom is -0.547 e. The second kappa shape index (κ2) is 8.06. The second-order valence-electron chi connectivity index (χ2n) is 6.51. The fourth-order valence-corrected chi connectivity index (χ4v) is 4.17. The van der Waals surface area contributed by atoms with Gasteiger partial charge in [-0.05, 0) is 28.7 Å². The Balaban J connectivity index is 1.91. The van der Waals surface area contributed by atoms with Gasteiger partial charge in [0.1, 0.15) is 10.4 Å². The summed E-state index contributed by atoms with van der Waals surface area (Å²) in [5.74, 6) is -1.36. The third-order valence-corrected chi connectivity index (χ3v) is 5.65. The highest BCUT2D eigenvalue weighted by Gasteiger charge is 2.38. The van der Waals surface area contributed by atoms with Gasteiger partial charge in [-0.1, -0.05) is 92.4 Å². The lowest BCUT2D eigenvalue weighted by Crippen LogP contribution is -2.43. The fourth-order valence-electron chi connectivity index (χ4n) is 2.86. The molecule has 0 radical (unpaired) electrons. The molecular weight excluding hydrogens is 378 g/mol. The highest BCUT2D eigenvalue weighted by molar-refractivity contribution is 8.26. The molecule has 1 saturated heterocycles. The van der Waals surface area contributed by atoms with Crippen LogP contribution in [-0.2, 0) is 9.59 Å². The molecule has 0 aromatic heterocycles. The summed E-state index contributed by atoms with van der Waals surface area (Å²) in [5, 5.41) is 11.8. The van der Waals surface area contributed by atoms with E-state index in [9.17, 15) is 14.7 Å². The summed E-state index contributed by atoms with van der Waals surface area (Å²) in [6.07, 6.45) is 1.74. The Labute approximate surface area is 167 Å². The number of aliphatic carboxylic acids is 1. The van der Waals surface area contributed by atoms with Crippen molar-refractivity contribution in [3.63, 3.8) is 0 Å². The molecule has 2 aromatic carbocycles. The van der Waals surface area contributed by atoms with Crippen molar-refractivity contribution in [3.05, 3.63) is 76.2 Å². The van der Waals surface area contributed by atoms with Crippen molar-refractivity contribution in [1.82, 2.24) is 4.90 Å². The van der Waals surface area contributed by atoms with Gasteiger partial charge in [0, 0.05) is 0 Å². The number of thiocarbonyl (C=S) groups is 1. The molecule has 0 N–H and O–H groups in total. The molecule has 0 bridgehead atoms. The molecule has 1 atom stereocenters. The van der Waals surface area contributed by atoms with Gasteiger partial charge >= 0.3 is 0 Å². The van der Waals surface area contributed by atoms with Gasteiger partial charge in [0.15, 0.2) is 0 Å². The van der Waals surface area contributed by atoms with Crippen LogP contribution in [0.5, 0.6) is 0 Å². The molecule has 0 spiro atoms. The summed E-state index contributed by atoms with van der Waals surface area (Å²) in [6, 6.07) is 15.2.